The highest BCUT2D eigenvalue weighted by Gasteiger charge is 2.38. The van der Waals surface area contributed by atoms with E-state index in [1.807, 2.05) is 0 Å². The lowest BCUT2D eigenvalue weighted by molar-refractivity contribution is -0.121. The summed E-state index contributed by atoms with van der Waals surface area (Å²) < 4.78 is 33.2. The van der Waals surface area contributed by atoms with E-state index in [2.05, 4.69) is 10.2 Å². The Morgan fingerprint density at radius 3 is 2.39 bits per heavy atom. The molecule has 1 saturated carbocycles. The third-order valence-electron chi connectivity index (χ3n) is 6.96. The SMILES string of the molecule is O=C(Cc1ccc(S(=O)(=O)N2CCCCC2)s1)NCC1(N2CCOCC2)CCCCC1. The van der Waals surface area contributed by atoms with Crippen LogP contribution in [-0.2, 0) is 26.0 Å². The standard InChI is InChI=1S/C22H35N3O4S2/c26-20(23-18-22(9-3-1-4-10-22)24-13-15-29-16-14-24)17-19-7-8-21(30-19)31(27,28)25-11-5-2-6-12-25/h7-8H,1-6,9-18H2,(H,23,26). The van der Waals surface area contributed by atoms with Gasteiger partial charge in [-0.15, -0.1) is 11.3 Å². The third kappa shape index (κ3) is 5.50. The van der Waals surface area contributed by atoms with Gasteiger partial charge in [0.05, 0.1) is 19.6 Å². The molecule has 0 radical (unpaired) electrons. The number of piperidine rings is 1. The van der Waals surface area contributed by atoms with Crippen molar-refractivity contribution < 1.29 is 17.9 Å². The number of rotatable bonds is 7. The van der Waals surface area contributed by atoms with Gasteiger partial charge >= 0.3 is 0 Å². The van der Waals surface area contributed by atoms with Crippen LogP contribution >= 0.6 is 11.3 Å². The largest absolute Gasteiger partial charge is 0.379 e. The van der Waals surface area contributed by atoms with Gasteiger partial charge in [0.1, 0.15) is 4.21 Å². The van der Waals surface area contributed by atoms with Crippen LogP contribution in [0.5, 0.6) is 0 Å². The number of amides is 1. The molecule has 2 saturated heterocycles. The molecular formula is C22H35N3O4S2. The highest BCUT2D eigenvalue weighted by molar-refractivity contribution is 7.91. The molecule has 1 N–H and O–H groups in total. The molecule has 1 amide bonds. The first-order chi connectivity index (χ1) is 15.0. The molecule has 0 spiro atoms. The van der Waals surface area contributed by atoms with Crippen molar-refractivity contribution in [2.45, 2.75) is 67.5 Å². The summed E-state index contributed by atoms with van der Waals surface area (Å²) in [4.78, 5) is 16.1. The lowest BCUT2D eigenvalue weighted by atomic mass is 9.79. The molecule has 1 aromatic rings. The van der Waals surface area contributed by atoms with Crippen LogP contribution in [0.1, 0.15) is 56.2 Å². The minimum Gasteiger partial charge on any atom is -0.379 e. The van der Waals surface area contributed by atoms with E-state index in [0.29, 0.717) is 23.8 Å². The molecule has 2 aliphatic heterocycles. The molecule has 0 atom stereocenters. The van der Waals surface area contributed by atoms with Crippen LogP contribution in [0.15, 0.2) is 16.3 Å². The average molecular weight is 470 g/mol. The van der Waals surface area contributed by atoms with E-state index in [1.54, 1.807) is 16.4 Å². The predicted octanol–water partition coefficient (Wildman–Crippen LogP) is 2.62. The van der Waals surface area contributed by atoms with Gasteiger partial charge in [0, 0.05) is 43.1 Å². The van der Waals surface area contributed by atoms with Crippen molar-refractivity contribution in [1.82, 2.24) is 14.5 Å². The van der Waals surface area contributed by atoms with Crippen LogP contribution < -0.4 is 5.32 Å². The Balaban J connectivity index is 1.35. The van der Waals surface area contributed by atoms with Gasteiger partial charge in [0.15, 0.2) is 0 Å². The van der Waals surface area contributed by atoms with Gasteiger partial charge in [-0.2, -0.15) is 4.31 Å². The molecule has 0 aromatic carbocycles. The van der Waals surface area contributed by atoms with Crippen LogP contribution in [0.4, 0.5) is 0 Å². The molecule has 1 aliphatic carbocycles. The Morgan fingerprint density at radius 2 is 1.68 bits per heavy atom. The van der Waals surface area contributed by atoms with E-state index < -0.39 is 10.0 Å². The number of carbonyl (C=O) groups excluding carboxylic acids is 1. The second-order valence-corrected chi connectivity index (χ2v) is 12.4. The molecule has 3 aliphatic rings. The third-order valence-corrected chi connectivity index (χ3v) is 10.4. The summed E-state index contributed by atoms with van der Waals surface area (Å²) in [5.74, 6) is -0.0259. The van der Waals surface area contributed by atoms with Gasteiger partial charge in [-0.1, -0.05) is 25.7 Å². The number of hydrogen-bond donors (Lipinski definition) is 1. The van der Waals surface area contributed by atoms with E-state index in [9.17, 15) is 13.2 Å². The zero-order valence-corrected chi connectivity index (χ0v) is 19.9. The molecule has 1 aromatic heterocycles. The minimum absolute atomic E-state index is 0.0259. The summed E-state index contributed by atoms with van der Waals surface area (Å²) >= 11 is 1.23. The van der Waals surface area contributed by atoms with Crippen molar-refractivity contribution in [3.63, 3.8) is 0 Å². The number of hydrogen-bond acceptors (Lipinski definition) is 6. The molecule has 4 rings (SSSR count). The van der Waals surface area contributed by atoms with Crippen molar-refractivity contribution in [3.05, 3.63) is 17.0 Å². The van der Waals surface area contributed by atoms with Crippen molar-refractivity contribution in [2.75, 3.05) is 45.9 Å². The van der Waals surface area contributed by atoms with Gasteiger partial charge in [0.2, 0.25) is 5.91 Å². The van der Waals surface area contributed by atoms with E-state index >= 15 is 0 Å². The number of morpholine rings is 1. The maximum atomic E-state index is 12.9. The highest BCUT2D eigenvalue weighted by Crippen LogP contribution is 2.34. The average Bonchev–Trinajstić information content (AvgIpc) is 3.29. The molecular weight excluding hydrogens is 434 g/mol. The van der Waals surface area contributed by atoms with Crippen LogP contribution in [0.3, 0.4) is 0 Å². The fourth-order valence-electron chi connectivity index (χ4n) is 5.16. The predicted molar refractivity (Wildman–Crippen MR) is 122 cm³/mol. The van der Waals surface area contributed by atoms with Crippen LogP contribution in [-0.4, -0.2) is 75.0 Å². The van der Waals surface area contributed by atoms with Crippen LogP contribution in [0, 0.1) is 0 Å². The Hall–Kier alpha value is -1.00. The molecule has 31 heavy (non-hydrogen) atoms. The van der Waals surface area contributed by atoms with E-state index in [4.69, 9.17) is 4.74 Å². The summed E-state index contributed by atoms with van der Waals surface area (Å²) in [5.41, 5.74) is 0.0376. The van der Waals surface area contributed by atoms with Gasteiger partial charge < -0.3 is 10.1 Å². The first kappa shape index (κ1) is 23.2. The fourth-order valence-corrected chi connectivity index (χ4v) is 8.19. The second kappa shape index (κ2) is 10.3. The first-order valence-corrected chi connectivity index (χ1v) is 13.9. The Labute approximate surface area is 190 Å². The van der Waals surface area contributed by atoms with E-state index in [-0.39, 0.29) is 17.9 Å². The maximum absolute atomic E-state index is 12.9. The Morgan fingerprint density at radius 1 is 1.00 bits per heavy atom. The lowest BCUT2D eigenvalue weighted by Crippen LogP contribution is -2.59. The van der Waals surface area contributed by atoms with Crippen LogP contribution in [0.2, 0.25) is 0 Å². The Bertz CT molecular complexity index is 837. The monoisotopic (exact) mass is 469 g/mol. The van der Waals surface area contributed by atoms with Crippen LogP contribution in [0.25, 0.3) is 0 Å². The fraction of sp³-hybridized carbons (Fsp3) is 0.773. The number of nitrogens with one attached hydrogen (secondary N) is 1. The van der Waals surface area contributed by atoms with Crippen molar-refractivity contribution >= 4 is 27.3 Å². The molecule has 0 unspecified atom stereocenters. The number of thiophene rings is 1. The van der Waals surface area contributed by atoms with Gasteiger partial charge in [0.25, 0.3) is 10.0 Å². The lowest BCUT2D eigenvalue weighted by Gasteiger charge is -2.48. The van der Waals surface area contributed by atoms with Crippen molar-refractivity contribution in [2.24, 2.45) is 0 Å². The normalized spacial score (nSPS) is 23.5. The summed E-state index contributed by atoms with van der Waals surface area (Å²) in [6.45, 7) is 5.24. The minimum atomic E-state index is -3.43. The summed E-state index contributed by atoms with van der Waals surface area (Å²) in [6.07, 6.45) is 9.08. The zero-order valence-electron chi connectivity index (χ0n) is 18.3. The molecule has 3 heterocycles. The van der Waals surface area contributed by atoms with Gasteiger partial charge in [-0.25, -0.2) is 8.42 Å². The molecule has 3 fully saturated rings. The second-order valence-electron chi connectivity index (χ2n) is 9.02. The van der Waals surface area contributed by atoms with Gasteiger partial charge in [-0.3, -0.25) is 9.69 Å². The summed E-state index contributed by atoms with van der Waals surface area (Å²) in [7, 11) is -3.43. The van der Waals surface area contributed by atoms with E-state index in [1.165, 1.54) is 30.6 Å². The molecule has 174 valence electrons. The quantitative estimate of drug-likeness (QED) is 0.664. The molecule has 0 bridgehead atoms. The number of carbonyl (C=O) groups is 1. The highest BCUT2D eigenvalue weighted by atomic mass is 32.2. The van der Waals surface area contributed by atoms with Crippen molar-refractivity contribution in [1.29, 1.82) is 0 Å². The van der Waals surface area contributed by atoms with Crippen molar-refractivity contribution in [3.8, 4) is 0 Å². The molecule has 9 heteroatoms. The maximum Gasteiger partial charge on any atom is 0.252 e. The topological polar surface area (TPSA) is 79.0 Å². The summed E-state index contributed by atoms with van der Waals surface area (Å²) in [5, 5.41) is 3.18. The number of nitrogens with zero attached hydrogens (tertiary/aromatic N) is 2. The number of sulfonamides is 1. The first-order valence-electron chi connectivity index (χ1n) is 11.7. The van der Waals surface area contributed by atoms with Gasteiger partial charge in [-0.05, 0) is 37.8 Å². The summed E-state index contributed by atoms with van der Waals surface area (Å²) in [6, 6.07) is 3.45. The Kier molecular flexibility index (Phi) is 7.69. The number of ether oxygens (including phenoxy) is 1. The smallest absolute Gasteiger partial charge is 0.252 e. The van der Waals surface area contributed by atoms with E-state index in [0.717, 1.165) is 63.3 Å². The zero-order chi connectivity index (χ0) is 21.7. The molecule has 7 nitrogen and oxygen atoms in total.